The van der Waals surface area contributed by atoms with Gasteiger partial charge in [0.2, 0.25) is 5.91 Å². The van der Waals surface area contributed by atoms with Crippen LogP contribution in [0.5, 0.6) is 0 Å². The lowest BCUT2D eigenvalue weighted by atomic mass is 10.1. The Morgan fingerprint density at radius 2 is 1.97 bits per heavy atom. The number of nitrogens with one attached hydrogen (secondary N) is 1. The fourth-order valence-electron chi connectivity index (χ4n) is 3.93. The summed E-state index contributed by atoms with van der Waals surface area (Å²) in [7, 11) is 0. The highest BCUT2D eigenvalue weighted by atomic mass is 32.1. The number of esters is 1. The molecule has 1 saturated heterocycles. The first kappa shape index (κ1) is 20.9. The average molecular weight is 428 g/mol. The highest BCUT2D eigenvalue weighted by Crippen LogP contribution is 2.46. The van der Waals surface area contributed by atoms with Gasteiger partial charge >= 0.3 is 5.97 Å². The molecule has 2 aliphatic rings. The predicted molar refractivity (Wildman–Crippen MR) is 121 cm³/mol. The molecule has 2 fully saturated rings. The van der Waals surface area contributed by atoms with Crippen molar-refractivity contribution >= 4 is 33.9 Å². The zero-order valence-corrected chi connectivity index (χ0v) is 18.5. The van der Waals surface area contributed by atoms with Crippen LogP contribution in [0.1, 0.15) is 47.2 Å². The third kappa shape index (κ3) is 4.84. The maximum atomic E-state index is 12.7. The van der Waals surface area contributed by atoms with Crippen molar-refractivity contribution in [1.29, 1.82) is 0 Å². The van der Waals surface area contributed by atoms with Crippen LogP contribution in [0.3, 0.4) is 0 Å². The molecule has 30 heavy (non-hydrogen) atoms. The monoisotopic (exact) mass is 427 g/mol. The highest BCUT2D eigenvalue weighted by Gasteiger charge is 2.32. The van der Waals surface area contributed by atoms with Crippen molar-refractivity contribution in [2.24, 2.45) is 0 Å². The number of benzene rings is 1. The van der Waals surface area contributed by atoms with Gasteiger partial charge in [0.15, 0.2) is 0 Å². The number of piperazine rings is 1. The Bertz CT molecular complexity index is 914. The van der Waals surface area contributed by atoms with Crippen molar-refractivity contribution in [1.82, 2.24) is 4.90 Å². The van der Waals surface area contributed by atoms with Crippen LogP contribution < -0.4 is 10.2 Å². The van der Waals surface area contributed by atoms with Gasteiger partial charge in [-0.1, -0.05) is 12.1 Å². The van der Waals surface area contributed by atoms with Crippen LogP contribution in [0.25, 0.3) is 0 Å². The minimum Gasteiger partial charge on any atom is -0.462 e. The summed E-state index contributed by atoms with van der Waals surface area (Å²) in [6.45, 7) is 8.04. The van der Waals surface area contributed by atoms with E-state index in [9.17, 15) is 9.59 Å². The van der Waals surface area contributed by atoms with Crippen LogP contribution in [0.2, 0.25) is 0 Å². The molecule has 160 valence electrons. The van der Waals surface area contributed by atoms with Crippen LogP contribution in [0.15, 0.2) is 29.6 Å². The molecule has 0 atom stereocenters. The molecule has 0 unspecified atom stereocenters. The van der Waals surface area contributed by atoms with Gasteiger partial charge in [-0.2, -0.15) is 0 Å². The van der Waals surface area contributed by atoms with Gasteiger partial charge in [-0.15, -0.1) is 11.3 Å². The van der Waals surface area contributed by atoms with Crippen LogP contribution in [0, 0.1) is 6.92 Å². The Morgan fingerprint density at radius 1 is 1.20 bits per heavy atom. The van der Waals surface area contributed by atoms with E-state index in [0.29, 0.717) is 29.6 Å². The Hall–Kier alpha value is -2.38. The van der Waals surface area contributed by atoms with Crippen LogP contribution >= 0.6 is 11.3 Å². The van der Waals surface area contributed by atoms with Crippen molar-refractivity contribution in [2.45, 2.75) is 32.6 Å². The molecule has 0 bridgehead atoms. The largest absolute Gasteiger partial charge is 0.462 e. The summed E-state index contributed by atoms with van der Waals surface area (Å²) in [6.07, 6.45) is 2.20. The molecule has 1 aliphatic heterocycles. The fraction of sp³-hybridized carbons (Fsp3) is 0.478. The summed E-state index contributed by atoms with van der Waals surface area (Å²) in [5.41, 5.74) is 4.08. The van der Waals surface area contributed by atoms with Crippen molar-refractivity contribution in [3.63, 3.8) is 0 Å². The number of aryl methyl sites for hydroxylation is 1. The third-order valence-electron chi connectivity index (χ3n) is 5.68. The van der Waals surface area contributed by atoms with Crippen LogP contribution in [0.4, 0.5) is 10.7 Å². The Labute approximate surface area is 181 Å². The normalized spacial score (nSPS) is 17.1. The van der Waals surface area contributed by atoms with E-state index in [1.807, 2.05) is 5.38 Å². The Morgan fingerprint density at radius 3 is 2.63 bits per heavy atom. The number of anilines is 2. The first-order valence-corrected chi connectivity index (χ1v) is 11.6. The SMILES string of the molecule is CCOC(=O)c1c(C2CC2)csc1NC(=O)CN1CCN(c2cccc(C)c2)CC1. The van der Waals surface area contributed by atoms with Gasteiger partial charge in [0.05, 0.1) is 18.7 Å². The van der Waals surface area contributed by atoms with Gasteiger partial charge in [-0.25, -0.2) is 4.79 Å². The van der Waals surface area contributed by atoms with Crippen molar-refractivity contribution in [3.05, 3.63) is 46.3 Å². The lowest BCUT2D eigenvalue weighted by molar-refractivity contribution is -0.117. The molecule has 1 aromatic heterocycles. The molecule has 6 nitrogen and oxygen atoms in total. The maximum absolute atomic E-state index is 12.7. The summed E-state index contributed by atoms with van der Waals surface area (Å²) in [4.78, 5) is 29.7. The molecule has 0 spiro atoms. The Kier molecular flexibility index (Phi) is 6.39. The Balaban J connectivity index is 1.34. The minimum absolute atomic E-state index is 0.0752. The van der Waals surface area contributed by atoms with Gasteiger partial charge in [-0.05, 0) is 61.2 Å². The van der Waals surface area contributed by atoms with E-state index in [0.717, 1.165) is 44.6 Å². The fourth-order valence-corrected chi connectivity index (χ4v) is 4.98. The van der Waals surface area contributed by atoms with Crippen LogP contribution in [-0.4, -0.2) is 56.1 Å². The van der Waals surface area contributed by atoms with Crippen molar-refractivity contribution in [2.75, 3.05) is 49.5 Å². The van der Waals surface area contributed by atoms with Gasteiger partial charge in [0, 0.05) is 31.9 Å². The number of thiophene rings is 1. The van der Waals surface area contributed by atoms with E-state index in [1.165, 1.54) is 22.6 Å². The number of carbonyl (C=O) groups excluding carboxylic acids is 2. The number of hydrogen-bond donors (Lipinski definition) is 1. The molecule has 2 aromatic rings. The summed E-state index contributed by atoms with van der Waals surface area (Å²) in [6, 6.07) is 8.53. The lowest BCUT2D eigenvalue weighted by Gasteiger charge is -2.35. The number of hydrogen-bond acceptors (Lipinski definition) is 6. The van der Waals surface area contributed by atoms with E-state index < -0.39 is 0 Å². The standard InChI is InChI=1S/C23H29N3O3S/c1-3-29-23(28)21-19(17-7-8-17)15-30-22(21)24-20(27)14-25-9-11-26(12-10-25)18-6-4-5-16(2)13-18/h4-6,13,15,17H,3,7-12,14H2,1-2H3,(H,24,27). The molecule has 7 heteroatoms. The molecular weight excluding hydrogens is 398 g/mol. The molecule has 1 amide bonds. The molecule has 1 N–H and O–H groups in total. The second-order valence-electron chi connectivity index (χ2n) is 8.04. The van der Waals surface area contributed by atoms with Gasteiger partial charge in [0.1, 0.15) is 5.00 Å². The zero-order valence-electron chi connectivity index (χ0n) is 17.6. The molecule has 1 aliphatic carbocycles. The predicted octanol–water partition coefficient (Wildman–Crippen LogP) is 3.87. The topological polar surface area (TPSA) is 61.9 Å². The molecule has 1 saturated carbocycles. The summed E-state index contributed by atoms with van der Waals surface area (Å²) >= 11 is 1.43. The first-order chi connectivity index (χ1) is 14.5. The number of ether oxygens (including phenoxy) is 1. The lowest BCUT2D eigenvalue weighted by Crippen LogP contribution is -2.48. The van der Waals surface area contributed by atoms with E-state index in [2.05, 4.69) is 46.3 Å². The molecule has 4 rings (SSSR count). The summed E-state index contributed by atoms with van der Waals surface area (Å²) in [5, 5.41) is 5.60. The second kappa shape index (κ2) is 9.18. The average Bonchev–Trinajstić information content (AvgIpc) is 3.49. The van der Waals surface area contributed by atoms with Crippen LogP contribution in [-0.2, 0) is 9.53 Å². The summed E-state index contributed by atoms with van der Waals surface area (Å²) < 4.78 is 5.24. The van der Waals surface area contributed by atoms with Crippen molar-refractivity contribution in [3.8, 4) is 0 Å². The number of nitrogens with zero attached hydrogens (tertiary/aromatic N) is 2. The number of amides is 1. The van der Waals surface area contributed by atoms with Gasteiger partial charge in [-0.3, -0.25) is 9.69 Å². The third-order valence-corrected chi connectivity index (χ3v) is 6.59. The van der Waals surface area contributed by atoms with E-state index in [1.54, 1.807) is 6.92 Å². The van der Waals surface area contributed by atoms with E-state index in [4.69, 9.17) is 4.74 Å². The minimum atomic E-state index is -0.331. The molecular formula is C23H29N3O3S. The molecule has 1 aromatic carbocycles. The van der Waals surface area contributed by atoms with Gasteiger partial charge < -0.3 is 15.0 Å². The van der Waals surface area contributed by atoms with Gasteiger partial charge in [0.25, 0.3) is 0 Å². The highest BCUT2D eigenvalue weighted by molar-refractivity contribution is 7.15. The maximum Gasteiger partial charge on any atom is 0.341 e. The van der Waals surface area contributed by atoms with E-state index >= 15 is 0 Å². The number of rotatable bonds is 7. The number of carbonyl (C=O) groups is 2. The first-order valence-electron chi connectivity index (χ1n) is 10.7. The second-order valence-corrected chi connectivity index (χ2v) is 8.92. The quantitative estimate of drug-likeness (QED) is 0.680. The smallest absolute Gasteiger partial charge is 0.341 e. The van der Waals surface area contributed by atoms with Crippen molar-refractivity contribution < 1.29 is 14.3 Å². The summed E-state index contributed by atoms with van der Waals surface area (Å²) in [5.74, 6) is 0.0254. The zero-order chi connectivity index (χ0) is 21.1. The molecule has 2 heterocycles. The molecule has 0 radical (unpaired) electrons. The van der Waals surface area contributed by atoms with E-state index in [-0.39, 0.29) is 11.9 Å².